The van der Waals surface area contributed by atoms with Gasteiger partial charge in [0.15, 0.2) is 0 Å². The quantitative estimate of drug-likeness (QED) is 0.642. The number of nitrogens with zero attached hydrogens (tertiary/aromatic N) is 2. The molecule has 1 aromatic heterocycles. The lowest BCUT2D eigenvalue weighted by Gasteiger charge is -2.23. The molecule has 1 aliphatic carbocycles. The Kier molecular flexibility index (Phi) is 5.08. The number of carbonyl (C=O) groups is 1. The highest BCUT2D eigenvalue weighted by Crippen LogP contribution is 2.21. The molecule has 0 aromatic carbocycles. The Morgan fingerprint density at radius 3 is 2.76 bits per heavy atom. The summed E-state index contributed by atoms with van der Waals surface area (Å²) in [4.78, 5) is 26.7. The van der Waals surface area contributed by atoms with Crippen LogP contribution in [0.25, 0.3) is 0 Å². The first kappa shape index (κ1) is 15.2. The Bertz CT molecular complexity index is 527. The van der Waals surface area contributed by atoms with E-state index in [1.165, 1.54) is 12.5 Å². The number of anilines is 1. The van der Waals surface area contributed by atoms with E-state index in [1.54, 1.807) is 0 Å². The third-order valence-corrected chi connectivity index (χ3v) is 3.61. The molecule has 7 heteroatoms. The smallest absolute Gasteiger partial charge is 0.288 e. The fourth-order valence-electron chi connectivity index (χ4n) is 2.55. The van der Waals surface area contributed by atoms with Crippen LogP contribution in [0.5, 0.6) is 0 Å². The highest BCUT2D eigenvalue weighted by atomic mass is 16.6. The summed E-state index contributed by atoms with van der Waals surface area (Å²) in [5, 5.41) is 16.8. The van der Waals surface area contributed by atoms with Gasteiger partial charge < -0.3 is 10.6 Å². The molecule has 0 spiro atoms. The molecule has 1 aromatic rings. The van der Waals surface area contributed by atoms with Gasteiger partial charge in [-0.3, -0.25) is 14.9 Å². The van der Waals surface area contributed by atoms with Gasteiger partial charge in [0.1, 0.15) is 12.0 Å². The van der Waals surface area contributed by atoms with Gasteiger partial charge in [-0.1, -0.05) is 19.3 Å². The van der Waals surface area contributed by atoms with Crippen LogP contribution in [0.15, 0.2) is 12.3 Å². The van der Waals surface area contributed by atoms with Gasteiger partial charge in [-0.15, -0.1) is 0 Å². The summed E-state index contributed by atoms with van der Waals surface area (Å²) in [7, 11) is 0. The van der Waals surface area contributed by atoms with E-state index in [1.807, 2.05) is 6.92 Å². The van der Waals surface area contributed by atoms with Crippen LogP contribution in [-0.4, -0.2) is 28.4 Å². The Hall–Kier alpha value is -2.18. The Labute approximate surface area is 123 Å². The zero-order chi connectivity index (χ0) is 15.2. The Morgan fingerprint density at radius 2 is 2.14 bits per heavy atom. The average Bonchev–Trinajstić information content (AvgIpc) is 2.48. The van der Waals surface area contributed by atoms with Crippen LogP contribution in [0.1, 0.15) is 49.4 Å². The number of hydrogen-bond donors (Lipinski definition) is 2. The van der Waals surface area contributed by atoms with E-state index in [0.717, 1.165) is 31.9 Å². The summed E-state index contributed by atoms with van der Waals surface area (Å²) in [5.41, 5.74) is 0.0575. The molecule has 114 valence electrons. The third kappa shape index (κ3) is 3.90. The number of rotatable bonds is 5. The van der Waals surface area contributed by atoms with Crippen molar-refractivity contribution in [2.45, 2.75) is 45.1 Å². The van der Waals surface area contributed by atoms with Gasteiger partial charge in [0.2, 0.25) is 0 Å². The topological polar surface area (TPSA) is 97.2 Å². The van der Waals surface area contributed by atoms with Crippen molar-refractivity contribution in [1.29, 1.82) is 0 Å². The molecule has 1 heterocycles. The first-order chi connectivity index (χ1) is 10.1. The summed E-state index contributed by atoms with van der Waals surface area (Å²) < 4.78 is 0. The molecule has 2 N–H and O–H groups in total. The lowest BCUT2D eigenvalue weighted by Crippen LogP contribution is -2.36. The fraction of sp³-hybridized carbons (Fsp3) is 0.571. The molecule has 0 bridgehead atoms. The standard InChI is InChI=1S/C14H20N4O3/c1-2-15-13-12(8-11(9-16-13)18(20)21)14(19)17-10-6-4-3-5-7-10/h8-10H,2-7H2,1H3,(H,15,16)(H,17,19). The van der Waals surface area contributed by atoms with Crippen LogP contribution in [-0.2, 0) is 0 Å². The van der Waals surface area contributed by atoms with Gasteiger partial charge in [-0.05, 0) is 19.8 Å². The minimum atomic E-state index is -0.542. The molecule has 1 fully saturated rings. The van der Waals surface area contributed by atoms with Crippen molar-refractivity contribution in [3.8, 4) is 0 Å². The lowest BCUT2D eigenvalue weighted by molar-refractivity contribution is -0.385. The van der Waals surface area contributed by atoms with E-state index in [9.17, 15) is 14.9 Å². The molecular weight excluding hydrogens is 272 g/mol. The fourth-order valence-corrected chi connectivity index (χ4v) is 2.55. The molecule has 1 amide bonds. The maximum Gasteiger partial charge on any atom is 0.288 e. The predicted octanol–water partition coefficient (Wildman–Crippen LogP) is 2.48. The zero-order valence-electron chi connectivity index (χ0n) is 12.1. The molecular formula is C14H20N4O3. The normalized spacial score (nSPS) is 15.5. The summed E-state index contributed by atoms with van der Waals surface area (Å²) in [6.45, 7) is 2.47. The zero-order valence-corrected chi connectivity index (χ0v) is 12.1. The first-order valence-corrected chi connectivity index (χ1v) is 7.31. The minimum Gasteiger partial charge on any atom is -0.370 e. The van der Waals surface area contributed by atoms with Gasteiger partial charge in [0, 0.05) is 18.7 Å². The van der Waals surface area contributed by atoms with Crippen molar-refractivity contribution in [3.63, 3.8) is 0 Å². The second-order valence-corrected chi connectivity index (χ2v) is 5.19. The second kappa shape index (κ2) is 7.01. The van der Waals surface area contributed by atoms with Gasteiger partial charge in [0.05, 0.1) is 10.5 Å². The van der Waals surface area contributed by atoms with E-state index in [-0.39, 0.29) is 23.2 Å². The number of nitro groups is 1. The van der Waals surface area contributed by atoms with Gasteiger partial charge >= 0.3 is 0 Å². The molecule has 0 atom stereocenters. The molecule has 1 saturated carbocycles. The van der Waals surface area contributed by atoms with Gasteiger partial charge in [-0.2, -0.15) is 0 Å². The minimum absolute atomic E-state index is 0.153. The number of aromatic nitrogens is 1. The summed E-state index contributed by atoms with van der Waals surface area (Å²) in [5.74, 6) is 0.0884. The van der Waals surface area contributed by atoms with Crippen LogP contribution < -0.4 is 10.6 Å². The van der Waals surface area contributed by atoms with E-state index in [4.69, 9.17) is 0 Å². The molecule has 0 aliphatic heterocycles. The monoisotopic (exact) mass is 292 g/mol. The van der Waals surface area contributed by atoms with E-state index >= 15 is 0 Å². The van der Waals surface area contributed by atoms with Crippen LogP contribution in [0.4, 0.5) is 11.5 Å². The van der Waals surface area contributed by atoms with Crippen LogP contribution in [0.3, 0.4) is 0 Å². The van der Waals surface area contributed by atoms with Gasteiger partial charge in [-0.25, -0.2) is 4.98 Å². The highest BCUT2D eigenvalue weighted by Gasteiger charge is 2.21. The van der Waals surface area contributed by atoms with Crippen molar-refractivity contribution in [3.05, 3.63) is 27.9 Å². The maximum absolute atomic E-state index is 12.4. The van der Waals surface area contributed by atoms with Crippen LogP contribution in [0.2, 0.25) is 0 Å². The Balaban J connectivity index is 2.19. The summed E-state index contributed by atoms with van der Waals surface area (Å²) in [6, 6.07) is 1.43. The van der Waals surface area contributed by atoms with E-state index in [0.29, 0.717) is 12.4 Å². The molecule has 1 aliphatic rings. The highest BCUT2D eigenvalue weighted by molar-refractivity contribution is 5.99. The van der Waals surface area contributed by atoms with Crippen LogP contribution >= 0.6 is 0 Å². The SMILES string of the molecule is CCNc1ncc([N+](=O)[O-])cc1C(=O)NC1CCCCC1. The van der Waals surface area contributed by atoms with E-state index in [2.05, 4.69) is 15.6 Å². The van der Waals surface area contributed by atoms with Gasteiger partial charge in [0.25, 0.3) is 11.6 Å². The van der Waals surface area contributed by atoms with Crippen molar-refractivity contribution >= 4 is 17.4 Å². The lowest BCUT2D eigenvalue weighted by atomic mass is 9.95. The summed E-state index contributed by atoms with van der Waals surface area (Å²) in [6.07, 6.45) is 6.51. The van der Waals surface area contributed by atoms with Crippen molar-refractivity contribution in [2.24, 2.45) is 0 Å². The van der Waals surface area contributed by atoms with Crippen LogP contribution in [0, 0.1) is 10.1 Å². The van der Waals surface area contributed by atoms with E-state index < -0.39 is 4.92 Å². The second-order valence-electron chi connectivity index (χ2n) is 5.19. The predicted molar refractivity (Wildman–Crippen MR) is 79.4 cm³/mol. The largest absolute Gasteiger partial charge is 0.370 e. The average molecular weight is 292 g/mol. The number of nitrogens with one attached hydrogen (secondary N) is 2. The van der Waals surface area contributed by atoms with Crippen molar-refractivity contribution in [1.82, 2.24) is 10.3 Å². The molecule has 0 radical (unpaired) electrons. The third-order valence-electron chi connectivity index (χ3n) is 3.61. The van der Waals surface area contributed by atoms with Crippen molar-refractivity contribution < 1.29 is 9.72 Å². The molecule has 2 rings (SSSR count). The number of amides is 1. The number of pyridine rings is 1. The molecule has 0 saturated heterocycles. The Morgan fingerprint density at radius 1 is 1.43 bits per heavy atom. The number of hydrogen-bond acceptors (Lipinski definition) is 5. The number of carbonyl (C=O) groups excluding carboxylic acids is 1. The summed E-state index contributed by atoms with van der Waals surface area (Å²) >= 11 is 0. The molecule has 0 unspecified atom stereocenters. The molecule has 21 heavy (non-hydrogen) atoms. The maximum atomic E-state index is 12.4. The first-order valence-electron chi connectivity index (χ1n) is 7.31. The van der Waals surface area contributed by atoms with Crippen molar-refractivity contribution in [2.75, 3.05) is 11.9 Å². The molecule has 7 nitrogen and oxygen atoms in total.